The van der Waals surface area contributed by atoms with E-state index < -0.39 is 0 Å². The van der Waals surface area contributed by atoms with Crippen LogP contribution in [0.15, 0.2) is 24.3 Å². The zero-order valence-corrected chi connectivity index (χ0v) is 13.1. The van der Waals surface area contributed by atoms with Gasteiger partial charge in [-0.3, -0.25) is 0 Å². The summed E-state index contributed by atoms with van der Waals surface area (Å²) in [6.45, 7) is 2.69. The Bertz CT molecular complexity index is 345. The van der Waals surface area contributed by atoms with Crippen LogP contribution < -0.4 is 10.1 Å². The van der Waals surface area contributed by atoms with Crippen molar-refractivity contribution in [2.45, 2.75) is 12.8 Å². The van der Waals surface area contributed by atoms with Crippen LogP contribution in [0, 0.1) is 0 Å². The number of nitrogens with zero attached hydrogens (tertiary/aromatic N) is 1. The molecule has 1 aromatic carbocycles. The van der Waals surface area contributed by atoms with E-state index in [1.165, 1.54) is 18.6 Å². The minimum Gasteiger partial charge on any atom is -0.492 e. The third-order valence-corrected chi connectivity index (χ3v) is 3.44. The molecule has 0 saturated heterocycles. The van der Waals surface area contributed by atoms with E-state index in [0.29, 0.717) is 0 Å². The zero-order chi connectivity index (χ0) is 13.9. The molecular weight excluding hydrogens is 256 g/mol. The molecule has 0 aromatic heterocycles. The highest BCUT2D eigenvalue weighted by Crippen LogP contribution is 2.17. The van der Waals surface area contributed by atoms with Crippen molar-refractivity contribution in [3.8, 4) is 5.75 Å². The quantitative estimate of drug-likeness (QED) is 0.666. The number of benzene rings is 1. The van der Waals surface area contributed by atoms with Crippen LogP contribution in [0.4, 0.5) is 5.69 Å². The van der Waals surface area contributed by atoms with Gasteiger partial charge in [0.1, 0.15) is 12.4 Å². The Morgan fingerprint density at radius 2 is 2.11 bits per heavy atom. The maximum atomic E-state index is 5.72. The summed E-state index contributed by atoms with van der Waals surface area (Å²) in [6, 6.07) is 8.21. The first-order valence-corrected chi connectivity index (χ1v) is 8.22. The van der Waals surface area contributed by atoms with Crippen molar-refractivity contribution in [3.63, 3.8) is 0 Å². The van der Waals surface area contributed by atoms with Gasteiger partial charge >= 0.3 is 0 Å². The summed E-state index contributed by atoms with van der Waals surface area (Å²) in [6.07, 6.45) is 4.64. The van der Waals surface area contributed by atoms with Gasteiger partial charge in [-0.15, -0.1) is 0 Å². The number of unbranched alkanes of at least 4 members (excludes halogenated alkanes) is 1. The van der Waals surface area contributed by atoms with Crippen molar-refractivity contribution in [2.75, 3.05) is 51.1 Å². The molecule has 0 heterocycles. The number of hydrogen-bond acceptors (Lipinski definition) is 4. The number of likely N-dealkylation sites (N-methyl/N-ethyl adjacent to an activating group) is 1. The zero-order valence-electron chi connectivity index (χ0n) is 12.3. The van der Waals surface area contributed by atoms with E-state index in [4.69, 9.17) is 4.74 Å². The molecule has 0 radical (unpaired) electrons. The van der Waals surface area contributed by atoms with Gasteiger partial charge in [0.15, 0.2) is 0 Å². The van der Waals surface area contributed by atoms with Crippen LogP contribution in [-0.2, 0) is 0 Å². The van der Waals surface area contributed by atoms with Gasteiger partial charge in [0.25, 0.3) is 0 Å². The van der Waals surface area contributed by atoms with Gasteiger partial charge < -0.3 is 15.0 Å². The monoisotopic (exact) mass is 282 g/mol. The van der Waals surface area contributed by atoms with Crippen molar-refractivity contribution in [3.05, 3.63) is 24.3 Å². The Kier molecular flexibility index (Phi) is 8.50. The van der Waals surface area contributed by atoms with Gasteiger partial charge in [-0.25, -0.2) is 0 Å². The van der Waals surface area contributed by atoms with Gasteiger partial charge in [-0.05, 0) is 51.1 Å². The summed E-state index contributed by atoms with van der Waals surface area (Å²) < 4.78 is 5.72. The fourth-order valence-corrected chi connectivity index (χ4v) is 2.14. The first-order chi connectivity index (χ1) is 9.22. The molecule has 0 spiro atoms. The molecule has 0 aliphatic carbocycles. The number of hydrogen-bond donors (Lipinski definition) is 1. The fraction of sp³-hybridized carbons (Fsp3) is 0.600. The Morgan fingerprint density at radius 1 is 1.26 bits per heavy atom. The Balaban J connectivity index is 2.27. The third-order valence-electron chi connectivity index (χ3n) is 2.75. The van der Waals surface area contributed by atoms with E-state index in [-0.39, 0.29) is 0 Å². The Morgan fingerprint density at radius 3 is 2.84 bits per heavy atom. The number of anilines is 1. The molecule has 0 aliphatic rings. The van der Waals surface area contributed by atoms with Gasteiger partial charge in [0, 0.05) is 24.8 Å². The lowest BCUT2D eigenvalue weighted by Crippen LogP contribution is -2.19. The van der Waals surface area contributed by atoms with Crippen molar-refractivity contribution < 1.29 is 4.74 Å². The van der Waals surface area contributed by atoms with E-state index in [9.17, 15) is 0 Å². The number of rotatable bonds is 10. The molecule has 0 unspecified atom stereocenters. The number of thioether (sulfide) groups is 1. The lowest BCUT2D eigenvalue weighted by Gasteiger charge is -2.12. The van der Waals surface area contributed by atoms with E-state index in [0.717, 1.165) is 31.1 Å². The summed E-state index contributed by atoms with van der Waals surface area (Å²) in [5.41, 5.74) is 1.14. The first-order valence-electron chi connectivity index (χ1n) is 6.83. The average Bonchev–Trinajstić information content (AvgIpc) is 2.39. The predicted molar refractivity (Wildman–Crippen MR) is 86.6 cm³/mol. The highest BCUT2D eigenvalue weighted by Gasteiger charge is 1.97. The molecule has 3 nitrogen and oxygen atoms in total. The molecule has 0 fully saturated rings. The average molecular weight is 282 g/mol. The van der Waals surface area contributed by atoms with Crippen LogP contribution in [0.5, 0.6) is 5.75 Å². The molecule has 0 aliphatic heterocycles. The standard InChI is InChI=1S/C15H26N2OS/c1-17(2)10-11-18-15-8-6-7-14(13-15)16-9-4-5-12-19-3/h6-8,13,16H,4-5,9-12H2,1-3H3. The molecule has 0 atom stereocenters. The predicted octanol–water partition coefficient (Wildman–Crippen LogP) is 3.18. The molecule has 1 aromatic rings. The summed E-state index contributed by atoms with van der Waals surface area (Å²) in [5, 5.41) is 3.44. The Hall–Kier alpha value is -0.870. The highest BCUT2D eigenvalue weighted by atomic mass is 32.2. The maximum absolute atomic E-state index is 5.72. The van der Waals surface area contributed by atoms with Crippen molar-refractivity contribution in [2.24, 2.45) is 0 Å². The molecule has 0 bridgehead atoms. The van der Waals surface area contributed by atoms with Gasteiger partial charge in [0.2, 0.25) is 0 Å². The number of nitrogens with one attached hydrogen (secondary N) is 1. The van der Waals surface area contributed by atoms with Gasteiger partial charge in [-0.2, -0.15) is 11.8 Å². The van der Waals surface area contributed by atoms with E-state index >= 15 is 0 Å². The summed E-state index contributed by atoms with van der Waals surface area (Å²) in [4.78, 5) is 2.12. The smallest absolute Gasteiger partial charge is 0.121 e. The fourth-order valence-electron chi connectivity index (χ4n) is 1.65. The topological polar surface area (TPSA) is 24.5 Å². The minimum absolute atomic E-state index is 0.726. The van der Waals surface area contributed by atoms with Gasteiger partial charge in [-0.1, -0.05) is 6.07 Å². The molecular formula is C15H26N2OS. The van der Waals surface area contributed by atoms with Crippen LogP contribution in [-0.4, -0.2) is 50.7 Å². The van der Waals surface area contributed by atoms with E-state index in [2.05, 4.69) is 42.7 Å². The second-order valence-electron chi connectivity index (χ2n) is 4.81. The SMILES string of the molecule is CSCCCCNc1cccc(OCCN(C)C)c1. The van der Waals surface area contributed by atoms with Crippen LogP contribution >= 0.6 is 11.8 Å². The minimum atomic E-state index is 0.726. The summed E-state index contributed by atoms with van der Waals surface area (Å²) in [7, 11) is 4.10. The maximum Gasteiger partial charge on any atom is 0.121 e. The van der Waals surface area contributed by atoms with Crippen molar-refractivity contribution in [1.82, 2.24) is 4.90 Å². The third kappa shape index (κ3) is 8.01. The van der Waals surface area contributed by atoms with Crippen LogP contribution in [0.1, 0.15) is 12.8 Å². The molecule has 19 heavy (non-hydrogen) atoms. The molecule has 108 valence electrons. The van der Waals surface area contributed by atoms with Crippen LogP contribution in [0.3, 0.4) is 0 Å². The number of ether oxygens (including phenoxy) is 1. The second kappa shape index (κ2) is 9.98. The van der Waals surface area contributed by atoms with Crippen molar-refractivity contribution >= 4 is 17.4 Å². The molecule has 1 N–H and O–H groups in total. The molecule has 0 saturated carbocycles. The van der Waals surface area contributed by atoms with Crippen molar-refractivity contribution in [1.29, 1.82) is 0 Å². The highest BCUT2D eigenvalue weighted by molar-refractivity contribution is 7.98. The summed E-state index contributed by atoms with van der Waals surface area (Å²) >= 11 is 1.91. The lowest BCUT2D eigenvalue weighted by atomic mass is 10.3. The molecule has 0 amide bonds. The summed E-state index contributed by atoms with van der Waals surface area (Å²) in [5.74, 6) is 2.19. The van der Waals surface area contributed by atoms with E-state index in [1.54, 1.807) is 0 Å². The molecule has 4 heteroatoms. The Labute approximate surface area is 121 Å². The lowest BCUT2D eigenvalue weighted by molar-refractivity contribution is 0.261. The van der Waals surface area contributed by atoms with E-state index in [1.807, 2.05) is 23.9 Å². The first kappa shape index (κ1) is 16.2. The van der Waals surface area contributed by atoms with Crippen LogP contribution in [0.25, 0.3) is 0 Å². The normalized spacial score (nSPS) is 10.7. The second-order valence-corrected chi connectivity index (χ2v) is 5.79. The molecule has 1 rings (SSSR count). The van der Waals surface area contributed by atoms with Gasteiger partial charge in [0.05, 0.1) is 0 Å². The largest absolute Gasteiger partial charge is 0.492 e. The van der Waals surface area contributed by atoms with Crippen LogP contribution in [0.2, 0.25) is 0 Å².